The smallest absolute Gasteiger partial charge is 0.195 e. The monoisotopic (exact) mass is 403 g/mol. The maximum Gasteiger partial charge on any atom is 0.195 e. The van der Waals surface area contributed by atoms with E-state index in [9.17, 15) is 0 Å². The van der Waals surface area contributed by atoms with Crippen LogP contribution in [0.3, 0.4) is 0 Å². The van der Waals surface area contributed by atoms with Crippen LogP contribution in [0.25, 0.3) is 0 Å². The molecule has 30 heavy (non-hydrogen) atoms. The minimum absolute atomic E-state index is 0.629. The highest BCUT2D eigenvalue weighted by Crippen LogP contribution is 2.31. The van der Waals surface area contributed by atoms with Crippen LogP contribution in [-0.2, 0) is 0 Å². The van der Waals surface area contributed by atoms with Crippen molar-refractivity contribution in [3.05, 3.63) is 54.1 Å². The molecular formula is C23H29N7. The third kappa shape index (κ3) is 4.35. The molecule has 0 bridgehead atoms. The van der Waals surface area contributed by atoms with Gasteiger partial charge in [-0.1, -0.05) is 12.1 Å². The molecule has 1 saturated heterocycles. The van der Waals surface area contributed by atoms with Gasteiger partial charge in [-0.2, -0.15) is 0 Å². The molecule has 0 aromatic heterocycles. The predicted molar refractivity (Wildman–Crippen MR) is 125 cm³/mol. The minimum Gasteiger partial charge on any atom is -0.371 e. The van der Waals surface area contributed by atoms with Crippen LogP contribution in [0.2, 0.25) is 0 Å². The summed E-state index contributed by atoms with van der Waals surface area (Å²) >= 11 is 0. The van der Waals surface area contributed by atoms with Crippen molar-refractivity contribution in [1.82, 2.24) is 10.6 Å². The molecule has 156 valence electrons. The van der Waals surface area contributed by atoms with Gasteiger partial charge in [0.2, 0.25) is 0 Å². The van der Waals surface area contributed by atoms with Crippen molar-refractivity contribution in [2.24, 2.45) is 9.98 Å². The number of hydrogen-bond acceptors (Lipinski definition) is 7. The van der Waals surface area contributed by atoms with Gasteiger partial charge in [-0.25, -0.2) is 0 Å². The van der Waals surface area contributed by atoms with E-state index in [0.29, 0.717) is 5.92 Å². The lowest BCUT2D eigenvalue weighted by molar-refractivity contribution is 0.505. The lowest BCUT2D eigenvalue weighted by Crippen LogP contribution is -2.32. The standard InChI is InChI=1S/C23H29N7/c1-3-19(28-22-24-11-12-25-22)4-2-17(1)18-9-15-30(16-10-18)21-7-5-20(6-8-21)29-23-26-13-14-27-23/h1-8,18H,9-16H2,(H2,24,25,28)(H2,26,27,29). The van der Waals surface area contributed by atoms with E-state index in [1.807, 2.05) is 0 Å². The van der Waals surface area contributed by atoms with E-state index in [-0.39, 0.29) is 0 Å². The first-order valence-electron chi connectivity index (χ1n) is 10.9. The molecule has 7 nitrogen and oxygen atoms in total. The molecule has 0 spiro atoms. The Morgan fingerprint density at radius 3 is 1.77 bits per heavy atom. The van der Waals surface area contributed by atoms with Crippen molar-refractivity contribution in [3.8, 4) is 0 Å². The van der Waals surface area contributed by atoms with E-state index in [2.05, 4.69) is 84.7 Å². The van der Waals surface area contributed by atoms with E-state index in [0.717, 1.165) is 62.6 Å². The topological polar surface area (TPSA) is 76.1 Å². The average molecular weight is 404 g/mol. The molecule has 5 rings (SSSR count). The molecule has 1 fully saturated rings. The number of benzene rings is 2. The van der Waals surface area contributed by atoms with Gasteiger partial charge < -0.3 is 26.2 Å². The van der Waals surface area contributed by atoms with Crippen molar-refractivity contribution < 1.29 is 0 Å². The highest BCUT2D eigenvalue weighted by molar-refractivity contribution is 5.95. The fraction of sp³-hybridized carbons (Fsp3) is 0.391. The molecule has 3 aliphatic rings. The molecule has 0 unspecified atom stereocenters. The summed E-state index contributed by atoms with van der Waals surface area (Å²) in [5.74, 6) is 2.38. The van der Waals surface area contributed by atoms with Crippen LogP contribution >= 0.6 is 0 Å². The van der Waals surface area contributed by atoms with Crippen molar-refractivity contribution in [1.29, 1.82) is 0 Å². The minimum atomic E-state index is 0.629. The van der Waals surface area contributed by atoms with Gasteiger partial charge in [-0.15, -0.1) is 0 Å². The van der Waals surface area contributed by atoms with Crippen LogP contribution < -0.4 is 26.2 Å². The molecule has 4 N–H and O–H groups in total. The number of nitrogens with zero attached hydrogens (tertiary/aromatic N) is 3. The van der Waals surface area contributed by atoms with Gasteiger partial charge in [0.1, 0.15) is 0 Å². The number of guanidine groups is 2. The number of nitrogens with one attached hydrogen (secondary N) is 4. The number of hydrogen-bond donors (Lipinski definition) is 4. The SMILES string of the molecule is c1cc(C2CCN(c3ccc(NC4=NCCN4)cc3)CC2)ccc1NC1=NCCN1. The second-order valence-corrected chi connectivity index (χ2v) is 7.99. The average Bonchev–Trinajstić information content (AvgIpc) is 3.50. The zero-order valence-electron chi connectivity index (χ0n) is 17.2. The molecule has 7 heteroatoms. The number of anilines is 3. The summed E-state index contributed by atoms with van der Waals surface area (Å²) in [4.78, 5) is 11.3. The molecule has 3 aliphatic heterocycles. The van der Waals surface area contributed by atoms with Crippen molar-refractivity contribution in [3.63, 3.8) is 0 Å². The zero-order chi connectivity index (χ0) is 20.2. The summed E-state index contributed by atoms with van der Waals surface area (Å²) < 4.78 is 0. The second-order valence-electron chi connectivity index (χ2n) is 7.99. The largest absolute Gasteiger partial charge is 0.371 e. The van der Waals surface area contributed by atoms with Gasteiger partial charge in [-0.05, 0) is 60.7 Å². The fourth-order valence-electron chi connectivity index (χ4n) is 4.30. The van der Waals surface area contributed by atoms with Gasteiger partial charge in [0, 0.05) is 43.2 Å². The van der Waals surface area contributed by atoms with E-state index in [4.69, 9.17) is 0 Å². The van der Waals surface area contributed by atoms with Gasteiger partial charge in [0.25, 0.3) is 0 Å². The van der Waals surface area contributed by atoms with Crippen LogP contribution in [0.15, 0.2) is 58.5 Å². The molecule has 2 aromatic carbocycles. The fourth-order valence-corrected chi connectivity index (χ4v) is 4.30. The molecule has 2 aromatic rings. The number of rotatable bonds is 4. The Bertz CT molecular complexity index is 832. The van der Waals surface area contributed by atoms with E-state index in [1.54, 1.807) is 0 Å². The summed E-state index contributed by atoms with van der Waals surface area (Å²) in [7, 11) is 0. The Hall–Kier alpha value is -3.22. The first-order valence-corrected chi connectivity index (χ1v) is 10.9. The molecule has 0 radical (unpaired) electrons. The van der Waals surface area contributed by atoms with Gasteiger partial charge >= 0.3 is 0 Å². The second kappa shape index (κ2) is 8.65. The quantitative estimate of drug-likeness (QED) is 0.632. The zero-order valence-corrected chi connectivity index (χ0v) is 17.2. The predicted octanol–water partition coefficient (Wildman–Crippen LogP) is 2.81. The van der Waals surface area contributed by atoms with Gasteiger partial charge in [-0.3, -0.25) is 9.98 Å². The summed E-state index contributed by atoms with van der Waals surface area (Å²) in [6.07, 6.45) is 2.36. The first kappa shape index (κ1) is 18.8. The van der Waals surface area contributed by atoms with Gasteiger partial charge in [0.05, 0.1) is 13.1 Å². The molecular weight excluding hydrogens is 374 g/mol. The van der Waals surface area contributed by atoms with Crippen LogP contribution in [0.4, 0.5) is 17.1 Å². The molecule has 0 atom stereocenters. The highest BCUT2D eigenvalue weighted by Gasteiger charge is 2.21. The third-order valence-corrected chi connectivity index (χ3v) is 5.98. The van der Waals surface area contributed by atoms with Crippen molar-refractivity contribution in [2.45, 2.75) is 18.8 Å². The highest BCUT2D eigenvalue weighted by atomic mass is 15.2. The van der Waals surface area contributed by atoms with Gasteiger partial charge in [0.15, 0.2) is 11.9 Å². The Morgan fingerprint density at radius 2 is 1.27 bits per heavy atom. The van der Waals surface area contributed by atoms with Crippen LogP contribution in [0, 0.1) is 0 Å². The van der Waals surface area contributed by atoms with Crippen molar-refractivity contribution in [2.75, 3.05) is 54.8 Å². The van der Waals surface area contributed by atoms with Crippen molar-refractivity contribution >= 4 is 29.0 Å². The Kier molecular flexibility index (Phi) is 5.42. The number of aliphatic imine (C=N–C) groups is 2. The summed E-state index contributed by atoms with van der Waals surface area (Å²) in [5.41, 5.74) is 4.90. The van der Waals surface area contributed by atoms with Crippen LogP contribution in [0.5, 0.6) is 0 Å². The Morgan fingerprint density at radius 1 is 0.733 bits per heavy atom. The van der Waals surface area contributed by atoms with E-state index >= 15 is 0 Å². The molecule has 3 heterocycles. The summed E-state index contributed by atoms with van der Waals surface area (Å²) in [5, 5.41) is 13.2. The molecule has 0 amide bonds. The Labute approximate surface area is 177 Å². The van der Waals surface area contributed by atoms with Crippen LogP contribution in [-0.4, -0.2) is 51.2 Å². The molecule has 0 aliphatic carbocycles. The maximum absolute atomic E-state index is 4.39. The maximum atomic E-state index is 4.39. The number of piperidine rings is 1. The lowest BCUT2D eigenvalue weighted by Gasteiger charge is -2.34. The third-order valence-electron chi connectivity index (χ3n) is 5.98. The lowest BCUT2D eigenvalue weighted by atomic mass is 9.89. The Balaban J connectivity index is 1.14. The summed E-state index contributed by atoms with van der Waals surface area (Å²) in [6, 6.07) is 17.5. The van der Waals surface area contributed by atoms with E-state index in [1.165, 1.54) is 24.1 Å². The van der Waals surface area contributed by atoms with Crippen LogP contribution in [0.1, 0.15) is 24.3 Å². The summed E-state index contributed by atoms with van der Waals surface area (Å²) in [6.45, 7) is 5.72. The van der Waals surface area contributed by atoms with E-state index < -0.39 is 0 Å². The normalized spacial score (nSPS) is 19.0. The first-order chi connectivity index (χ1) is 14.8. The molecule has 0 saturated carbocycles.